The van der Waals surface area contributed by atoms with Crippen molar-refractivity contribution < 1.29 is 4.79 Å². The highest BCUT2D eigenvalue weighted by Crippen LogP contribution is 2.40. The van der Waals surface area contributed by atoms with Gasteiger partial charge in [0.2, 0.25) is 5.91 Å². The molecule has 1 fully saturated rings. The number of guanidine groups is 1. The Kier molecular flexibility index (Phi) is 7.42. The topological polar surface area (TPSA) is 56.7 Å². The van der Waals surface area contributed by atoms with Gasteiger partial charge in [-0.2, -0.15) is 0 Å². The summed E-state index contributed by atoms with van der Waals surface area (Å²) in [6.45, 7) is 9.88. The van der Waals surface area contributed by atoms with Crippen LogP contribution in [0.4, 0.5) is 0 Å². The first-order valence-electron chi connectivity index (χ1n) is 8.25. The third kappa shape index (κ3) is 6.08. The lowest BCUT2D eigenvalue weighted by Gasteiger charge is -2.28. The Morgan fingerprint density at radius 2 is 1.91 bits per heavy atom. The van der Waals surface area contributed by atoms with E-state index in [1.807, 2.05) is 6.92 Å². The van der Waals surface area contributed by atoms with Gasteiger partial charge in [0, 0.05) is 27.2 Å². The minimum absolute atomic E-state index is 0.00231. The standard InChI is InChI=1S/C17H32N4O/c1-6-17(9-7-8-10-17)13-20-16(18-11-14(2)3)19-12-15(22)21(4)5/h2,6-13H2,1,3-5H3,(H2,18,19,20). The third-order valence-electron chi connectivity index (χ3n) is 4.47. The van der Waals surface area contributed by atoms with E-state index in [1.165, 1.54) is 32.1 Å². The van der Waals surface area contributed by atoms with Crippen LogP contribution in [0.3, 0.4) is 0 Å². The number of carbonyl (C=O) groups is 1. The summed E-state index contributed by atoms with van der Waals surface area (Å²) in [7, 11) is 3.49. The van der Waals surface area contributed by atoms with E-state index < -0.39 is 0 Å². The van der Waals surface area contributed by atoms with Gasteiger partial charge >= 0.3 is 0 Å². The lowest BCUT2D eigenvalue weighted by atomic mass is 9.83. The summed E-state index contributed by atoms with van der Waals surface area (Å²) < 4.78 is 0. The molecule has 0 aromatic heterocycles. The lowest BCUT2D eigenvalue weighted by Crippen LogP contribution is -2.44. The van der Waals surface area contributed by atoms with E-state index in [1.54, 1.807) is 19.0 Å². The van der Waals surface area contributed by atoms with Crippen molar-refractivity contribution in [3.05, 3.63) is 12.2 Å². The molecule has 0 aliphatic heterocycles. The molecule has 22 heavy (non-hydrogen) atoms. The Labute approximate surface area is 135 Å². The monoisotopic (exact) mass is 308 g/mol. The molecule has 0 saturated heterocycles. The number of aliphatic imine (C=N–C) groups is 1. The van der Waals surface area contributed by atoms with Gasteiger partial charge in [-0.15, -0.1) is 0 Å². The molecule has 1 aliphatic carbocycles. The zero-order valence-electron chi connectivity index (χ0n) is 14.7. The molecular formula is C17H32N4O. The fourth-order valence-corrected chi connectivity index (χ4v) is 2.75. The van der Waals surface area contributed by atoms with E-state index in [-0.39, 0.29) is 12.5 Å². The number of amides is 1. The fraction of sp³-hybridized carbons (Fsp3) is 0.765. The summed E-state index contributed by atoms with van der Waals surface area (Å²) in [5.41, 5.74) is 1.43. The quantitative estimate of drug-likeness (QED) is 0.430. The van der Waals surface area contributed by atoms with Crippen LogP contribution in [-0.4, -0.2) is 50.5 Å². The van der Waals surface area contributed by atoms with Gasteiger partial charge in [-0.1, -0.05) is 31.9 Å². The molecule has 126 valence electrons. The van der Waals surface area contributed by atoms with Gasteiger partial charge in [0.1, 0.15) is 6.54 Å². The second kappa shape index (κ2) is 8.81. The van der Waals surface area contributed by atoms with Crippen molar-refractivity contribution in [3.63, 3.8) is 0 Å². The van der Waals surface area contributed by atoms with E-state index in [2.05, 4.69) is 29.1 Å². The third-order valence-corrected chi connectivity index (χ3v) is 4.47. The van der Waals surface area contributed by atoms with Crippen molar-refractivity contribution >= 4 is 11.9 Å². The molecule has 0 aromatic rings. The van der Waals surface area contributed by atoms with Crippen molar-refractivity contribution in [1.29, 1.82) is 0 Å². The van der Waals surface area contributed by atoms with Crippen molar-refractivity contribution in [1.82, 2.24) is 15.5 Å². The van der Waals surface area contributed by atoms with Gasteiger partial charge in [0.15, 0.2) is 5.96 Å². The molecule has 1 rings (SSSR count). The minimum Gasteiger partial charge on any atom is -0.356 e. The molecule has 1 saturated carbocycles. The van der Waals surface area contributed by atoms with Gasteiger partial charge in [0.25, 0.3) is 0 Å². The Hall–Kier alpha value is -1.52. The van der Waals surface area contributed by atoms with Crippen molar-refractivity contribution in [2.24, 2.45) is 10.4 Å². The summed E-state index contributed by atoms with van der Waals surface area (Å²) in [4.78, 5) is 17.7. The SMILES string of the molecule is C=C(C)CNC(=NCC(=O)N(C)C)NCC1(CC)CCCC1. The molecule has 0 heterocycles. The summed E-state index contributed by atoms with van der Waals surface area (Å²) in [5, 5.41) is 6.68. The molecule has 0 atom stereocenters. The van der Waals surface area contributed by atoms with E-state index >= 15 is 0 Å². The van der Waals surface area contributed by atoms with Crippen LogP contribution in [0.15, 0.2) is 17.1 Å². The average Bonchev–Trinajstić information content (AvgIpc) is 2.95. The predicted molar refractivity (Wildman–Crippen MR) is 93.0 cm³/mol. The largest absolute Gasteiger partial charge is 0.356 e. The molecule has 0 unspecified atom stereocenters. The Balaban J connectivity index is 2.62. The van der Waals surface area contributed by atoms with Gasteiger partial charge in [0.05, 0.1) is 0 Å². The lowest BCUT2D eigenvalue weighted by molar-refractivity contribution is -0.127. The van der Waals surface area contributed by atoms with Crippen LogP contribution < -0.4 is 10.6 Å². The second-order valence-corrected chi connectivity index (χ2v) is 6.68. The summed E-state index contributed by atoms with van der Waals surface area (Å²) in [5.74, 6) is 0.709. The number of nitrogens with one attached hydrogen (secondary N) is 2. The van der Waals surface area contributed by atoms with Crippen LogP contribution in [0.1, 0.15) is 46.0 Å². The maximum atomic E-state index is 11.7. The maximum absolute atomic E-state index is 11.7. The number of hydrogen-bond acceptors (Lipinski definition) is 2. The Morgan fingerprint density at radius 3 is 2.41 bits per heavy atom. The molecule has 1 amide bonds. The van der Waals surface area contributed by atoms with Gasteiger partial charge in [-0.25, -0.2) is 4.99 Å². The van der Waals surface area contributed by atoms with E-state index in [0.29, 0.717) is 17.9 Å². The molecule has 0 spiro atoms. The molecule has 1 aliphatic rings. The van der Waals surface area contributed by atoms with Crippen LogP contribution in [0.25, 0.3) is 0 Å². The van der Waals surface area contributed by atoms with Crippen LogP contribution in [0.5, 0.6) is 0 Å². The maximum Gasteiger partial charge on any atom is 0.243 e. The molecule has 0 aromatic carbocycles. The first-order chi connectivity index (χ1) is 10.4. The summed E-state index contributed by atoms with van der Waals surface area (Å²) >= 11 is 0. The Morgan fingerprint density at radius 1 is 1.27 bits per heavy atom. The normalized spacial score (nSPS) is 17.2. The van der Waals surface area contributed by atoms with Crippen molar-refractivity contribution in [2.45, 2.75) is 46.0 Å². The highest BCUT2D eigenvalue weighted by atomic mass is 16.2. The van der Waals surface area contributed by atoms with Gasteiger partial charge in [-0.3, -0.25) is 4.79 Å². The Bertz CT molecular complexity index is 409. The average molecular weight is 308 g/mol. The summed E-state index contributed by atoms with van der Waals surface area (Å²) in [6, 6.07) is 0. The molecular weight excluding hydrogens is 276 g/mol. The first-order valence-corrected chi connectivity index (χ1v) is 8.25. The molecule has 0 bridgehead atoms. The van der Waals surface area contributed by atoms with E-state index in [9.17, 15) is 4.79 Å². The van der Waals surface area contributed by atoms with Crippen LogP contribution in [-0.2, 0) is 4.79 Å². The molecule has 0 radical (unpaired) electrons. The zero-order chi connectivity index (χ0) is 16.6. The van der Waals surface area contributed by atoms with Gasteiger partial charge in [-0.05, 0) is 31.6 Å². The van der Waals surface area contributed by atoms with Gasteiger partial charge < -0.3 is 15.5 Å². The summed E-state index contributed by atoms with van der Waals surface area (Å²) in [6.07, 6.45) is 6.38. The smallest absolute Gasteiger partial charge is 0.243 e. The van der Waals surface area contributed by atoms with Crippen molar-refractivity contribution in [3.8, 4) is 0 Å². The predicted octanol–water partition coefficient (Wildman–Crippen LogP) is 2.16. The van der Waals surface area contributed by atoms with Crippen LogP contribution in [0.2, 0.25) is 0 Å². The van der Waals surface area contributed by atoms with Crippen LogP contribution >= 0.6 is 0 Å². The number of nitrogens with zero attached hydrogens (tertiary/aromatic N) is 2. The minimum atomic E-state index is 0.00231. The highest BCUT2D eigenvalue weighted by molar-refractivity contribution is 5.84. The molecule has 2 N–H and O–H groups in total. The number of rotatable bonds is 7. The second-order valence-electron chi connectivity index (χ2n) is 6.68. The molecule has 5 heteroatoms. The number of carbonyl (C=O) groups excluding carboxylic acids is 1. The van der Waals surface area contributed by atoms with Crippen LogP contribution in [0, 0.1) is 5.41 Å². The first kappa shape index (κ1) is 18.5. The number of hydrogen-bond donors (Lipinski definition) is 2. The molecule has 5 nitrogen and oxygen atoms in total. The fourth-order valence-electron chi connectivity index (χ4n) is 2.75. The highest BCUT2D eigenvalue weighted by Gasteiger charge is 2.31. The van der Waals surface area contributed by atoms with E-state index in [0.717, 1.165) is 12.1 Å². The van der Waals surface area contributed by atoms with Crippen molar-refractivity contribution in [2.75, 3.05) is 33.7 Å². The van der Waals surface area contributed by atoms with E-state index in [4.69, 9.17) is 0 Å². The zero-order valence-corrected chi connectivity index (χ0v) is 14.7. The number of likely N-dealkylation sites (N-methyl/N-ethyl adjacent to an activating group) is 1.